The number of carboxylic acids is 1. The summed E-state index contributed by atoms with van der Waals surface area (Å²) in [5.74, 6) is -1.45. The lowest BCUT2D eigenvalue weighted by molar-refractivity contribution is -0.306. The Labute approximate surface area is 97.5 Å². The second kappa shape index (κ2) is 4.82. The van der Waals surface area contributed by atoms with Gasteiger partial charge in [0.25, 0.3) is 0 Å². The zero-order valence-corrected chi connectivity index (χ0v) is 8.93. The van der Waals surface area contributed by atoms with Crippen LogP contribution in [0.2, 0.25) is 0 Å². The molecular weight excluding hydrogens is 223 g/mol. The lowest BCUT2D eigenvalue weighted by Crippen LogP contribution is -2.24. The van der Waals surface area contributed by atoms with E-state index in [4.69, 9.17) is 4.42 Å². The summed E-state index contributed by atoms with van der Waals surface area (Å²) in [5, 5.41) is 10.7. The first-order valence-corrected chi connectivity index (χ1v) is 5.15. The Hall–Kier alpha value is -2.10. The molecule has 0 spiro atoms. The van der Waals surface area contributed by atoms with Crippen LogP contribution in [-0.4, -0.2) is 5.97 Å². The summed E-state index contributed by atoms with van der Waals surface area (Å²) >= 11 is 0. The van der Waals surface area contributed by atoms with Crippen LogP contribution in [0.25, 0.3) is 0 Å². The minimum atomic E-state index is -1.17. The fourth-order valence-electron chi connectivity index (χ4n) is 1.73. The van der Waals surface area contributed by atoms with Gasteiger partial charge in [0, 0.05) is 18.3 Å². The van der Waals surface area contributed by atoms with Crippen molar-refractivity contribution in [2.75, 3.05) is 0 Å². The Morgan fingerprint density at radius 1 is 1.29 bits per heavy atom. The summed E-state index contributed by atoms with van der Waals surface area (Å²) in [6.07, 6.45) is 1.28. The highest BCUT2D eigenvalue weighted by Crippen LogP contribution is 2.28. The van der Waals surface area contributed by atoms with Crippen molar-refractivity contribution >= 4 is 5.97 Å². The van der Waals surface area contributed by atoms with Crippen molar-refractivity contribution in [3.63, 3.8) is 0 Å². The maximum Gasteiger partial charge on any atom is 0.123 e. The Kier molecular flexibility index (Phi) is 3.23. The van der Waals surface area contributed by atoms with E-state index in [1.165, 1.54) is 18.4 Å². The van der Waals surface area contributed by atoms with Crippen LogP contribution in [0, 0.1) is 5.82 Å². The average Bonchev–Trinajstić information content (AvgIpc) is 2.80. The lowest BCUT2D eigenvalue weighted by Gasteiger charge is -2.15. The number of hydrogen-bond acceptors (Lipinski definition) is 3. The van der Waals surface area contributed by atoms with Gasteiger partial charge in [-0.15, -0.1) is 0 Å². The summed E-state index contributed by atoms with van der Waals surface area (Å²) in [6.45, 7) is 0. The molecule has 0 fully saturated rings. The fourth-order valence-corrected chi connectivity index (χ4v) is 1.73. The van der Waals surface area contributed by atoms with Gasteiger partial charge >= 0.3 is 0 Å². The second-order valence-electron chi connectivity index (χ2n) is 3.70. The van der Waals surface area contributed by atoms with Gasteiger partial charge < -0.3 is 14.3 Å². The van der Waals surface area contributed by atoms with Gasteiger partial charge in [-0.05, 0) is 29.8 Å². The molecule has 0 amide bonds. The second-order valence-corrected chi connectivity index (χ2v) is 3.70. The van der Waals surface area contributed by atoms with Crippen LogP contribution in [0.15, 0.2) is 47.1 Å². The summed E-state index contributed by atoms with van der Waals surface area (Å²) in [6, 6.07) is 9.05. The number of halogens is 1. The summed E-state index contributed by atoms with van der Waals surface area (Å²) in [7, 11) is 0. The number of carbonyl (C=O) groups excluding carboxylic acids is 1. The third-order valence-corrected chi connectivity index (χ3v) is 2.53. The molecule has 0 N–H and O–H groups in total. The summed E-state index contributed by atoms with van der Waals surface area (Å²) in [5.41, 5.74) is 0.686. The summed E-state index contributed by atoms with van der Waals surface area (Å²) in [4.78, 5) is 10.7. The maximum atomic E-state index is 12.8. The molecule has 4 heteroatoms. The van der Waals surface area contributed by atoms with E-state index in [1.54, 1.807) is 24.3 Å². The highest BCUT2D eigenvalue weighted by molar-refractivity contribution is 5.66. The standard InChI is InChI=1S/C13H11FO3/c14-10-5-3-9(4-6-10)11(8-13(15)16)12-2-1-7-17-12/h1-7,11H,8H2,(H,15,16)/p-1/t11-/m1/s1. The first kappa shape index (κ1) is 11.4. The monoisotopic (exact) mass is 233 g/mol. The molecule has 88 valence electrons. The van der Waals surface area contributed by atoms with Crippen LogP contribution in [0.1, 0.15) is 23.7 Å². The van der Waals surface area contributed by atoms with E-state index in [-0.39, 0.29) is 12.2 Å². The average molecular weight is 233 g/mol. The van der Waals surface area contributed by atoms with Crippen molar-refractivity contribution in [1.29, 1.82) is 0 Å². The van der Waals surface area contributed by atoms with Crippen LogP contribution in [0.5, 0.6) is 0 Å². The van der Waals surface area contributed by atoms with Crippen molar-refractivity contribution in [2.45, 2.75) is 12.3 Å². The number of carbonyl (C=O) groups is 1. The van der Waals surface area contributed by atoms with Crippen LogP contribution in [-0.2, 0) is 4.79 Å². The van der Waals surface area contributed by atoms with E-state index in [9.17, 15) is 14.3 Å². The van der Waals surface area contributed by atoms with Crippen molar-refractivity contribution in [3.05, 3.63) is 59.8 Å². The highest BCUT2D eigenvalue weighted by Gasteiger charge is 2.17. The first-order chi connectivity index (χ1) is 8.16. The molecule has 1 heterocycles. The molecule has 17 heavy (non-hydrogen) atoms. The molecule has 0 unspecified atom stereocenters. The zero-order chi connectivity index (χ0) is 12.3. The zero-order valence-electron chi connectivity index (χ0n) is 8.93. The molecule has 0 aliphatic heterocycles. The number of benzene rings is 1. The number of aliphatic carboxylic acids is 1. The molecule has 0 saturated heterocycles. The molecular formula is C13H10FO3-. The van der Waals surface area contributed by atoms with Crippen molar-refractivity contribution in [2.24, 2.45) is 0 Å². The minimum Gasteiger partial charge on any atom is -0.550 e. The van der Waals surface area contributed by atoms with Gasteiger partial charge in [-0.2, -0.15) is 0 Å². The first-order valence-electron chi connectivity index (χ1n) is 5.15. The molecule has 1 aromatic carbocycles. The molecule has 0 aliphatic carbocycles. The quantitative estimate of drug-likeness (QED) is 0.807. The van der Waals surface area contributed by atoms with E-state index < -0.39 is 11.9 Å². The van der Waals surface area contributed by atoms with E-state index in [1.807, 2.05) is 0 Å². The normalized spacial score (nSPS) is 12.3. The highest BCUT2D eigenvalue weighted by atomic mass is 19.1. The Morgan fingerprint density at radius 3 is 2.53 bits per heavy atom. The molecule has 0 bridgehead atoms. The van der Waals surface area contributed by atoms with Gasteiger partial charge in [-0.25, -0.2) is 4.39 Å². The fraction of sp³-hybridized carbons (Fsp3) is 0.154. The predicted octanol–water partition coefficient (Wildman–Crippen LogP) is 1.69. The predicted molar refractivity (Wildman–Crippen MR) is 56.6 cm³/mol. The molecule has 1 atom stereocenters. The molecule has 0 saturated carbocycles. The molecule has 2 aromatic rings. The maximum absolute atomic E-state index is 12.8. The number of hydrogen-bond donors (Lipinski definition) is 0. The van der Waals surface area contributed by atoms with E-state index in [0.29, 0.717) is 11.3 Å². The topological polar surface area (TPSA) is 53.3 Å². The third kappa shape index (κ3) is 2.72. The lowest BCUT2D eigenvalue weighted by atomic mass is 9.93. The van der Waals surface area contributed by atoms with Crippen LogP contribution in [0.4, 0.5) is 4.39 Å². The van der Waals surface area contributed by atoms with Crippen molar-refractivity contribution in [1.82, 2.24) is 0 Å². The number of carboxylic acid groups (broad SMARTS) is 1. The Balaban J connectivity index is 2.33. The van der Waals surface area contributed by atoms with E-state index in [2.05, 4.69) is 0 Å². The molecule has 0 radical (unpaired) electrons. The summed E-state index contributed by atoms with van der Waals surface area (Å²) < 4.78 is 18.0. The van der Waals surface area contributed by atoms with Crippen LogP contribution in [0.3, 0.4) is 0 Å². The van der Waals surface area contributed by atoms with Crippen LogP contribution < -0.4 is 5.11 Å². The molecule has 0 aliphatic rings. The van der Waals surface area contributed by atoms with Crippen molar-refractivity contribution < 1.29 is 18.7 Å². The Morgan fingerprint density at radius 2 is 2.00 bits per heavy atom. The van der Waals surface area contributed by atoms with Gasteiger partial charge in [-0.3, -0.25) is 0 Å². The smallest absolute Gasteiger partial charge is 0.123 e. The van der Waals surface area contributed by atoms with Crippen LogP contribution >= 0.6 is 0 Å². The van der Waals surface area contributed by atoms with Gasteiger partial charge in [-0.1, -0.05) is 12.1 Å². The van der Waals surface area contributed by atoms with E-state index in [0.717, 1.165) is 0 Å². The van der Waals surface area contributed by atoms with Gasteiger partial charge in [0.05, 0.1) is 6.26 Å². The van der Waals surface area contributed by atoms with Gasteiger partial charge in [0.1, 0.15) is 11.6 Å². The number of furan rings is 1. The van der Waals surface area contributed by atoms with Gasteiger partial charge in [0.15, 0.2) is 0 Å². The largest absolute Gasteiger partial charge is 0.550 e. The molecule has 3 nitrogen and oxygen atoms in total. The van der Waals surface area contributed by atoms with Crippen molar-refractivity contribution in [3.8, 4) is 0 Å². The molecule has 2 rings (SSSR count). The SMILES string of the molecule is O=C([O-])C[C@H](c1ccc(F)cc1)c1ccco1. The molecule has 1 aromatic heterocycles. The third-order valence-electron chi connectivity index (χ3n) is 2.53. The van der Waals surface area contributed by atoms with E-state index >= 15 is 0 Å². The number of rotatable bonds is 4. The van der Waals surface area contributed by atoms with Gasteiger partial charge in [0.2, 0.25) is 0 Å². The minimum absolute atomic E-state index is 0.195. The Bertz CT molecular complexity index is 488.